The minimum Gasteiger partial charge on any atom is -0.478 e. The van der Waals surface area contributed by atoms with Crippen LogP contribution in [-0.2, 0) is 12.8 Å². The summed E-state index contributed by atoms with van der Waals surface area (Å²) in [4.78, 5) is 29.9. The highest BCUT2D eigenvalue weighted by molar-refractivity contribution is 6.01. The van der Waals surface area contributed by atoms with Gasteiger partial charge in [-0.3, -0.25) is 14.2 Å². The van der Waals surface area contributed by atoms with Crippen molar-refractivity contribution in [1.29, 1.82) is 0 Å². The van der Waals surface area contributed by atoms with Gasteiger partial charge in [-0.1, -0.05) is 30.3 Å². The third kappa shape index (κ3) is 5.53. The number of likely N-dealkylation sites (tertiary alicyclic amines) is 1. The van der Waals surface area contributed by atoms with Gasteiger partial charge in [0.05, 0.1) is 12.2 Å². The first-order chi connectivity index (χ1) is 18.4. The number of nitrogens with two attached hydrogens (primary N) is 1. The molecule has 7 heteroatoms. The lowest BCUT2D eigenvalue weighted by Crippen LogP contribution is -2.47. The van der Waals surface area contributed by atoms with Crippen LogP contribution in [0, 0.1) is 5.92 Å². The zero-order valence-electron chi connectivity index (χ0n) is 21.3. The van der Waals surface area contributed by atoms with E-state index in [4.69, 9.17) is 5.73 Å². The number of pyridine rings is 1. The first-order valence-corrected chi connectivity index (χ1v) is 13.2. The Balaban J connectivity index is 1.51. The Morgan fingerprint density at radius 1 is 1.03 bits per heavy atom. The Hall–Kier alpha value is -3.84. The van der Waals surface area contributed by atoms with Gasteiger partial charge in [0.2, 0.25) is 0 Å². The highest BCUT2D eigenvalue weighted by Crippen LogP contribution is 2.40. The number of benzene rings is 2. The Kier molecular flexibility index (Phi) is 7.65. The molecule has 2 aromatic carbocycles. The second kappa shape index (κ2) is 11.3. The minimum absolute atomic E-state index is 0.219. The second-order valence-corrected chi connectivity index (χ2v) is 10.2. The van der Waals surface area contributed by atoms with Crippen LogP contribution in [0.2, 0.25) is 0 Å². The number of primary amides is 1. The summed E-state index contributed by atoms with van der Waals surface area (Å²) in [6.45, 7) is 2.60. The predicted octanol–water partition coefficient (Wildman–Crippen LogP) is 5.01. The van der Waals surface area contributed by atoms with E-state index in [2.05, 4.69) is 34.1 Å². The van der Waals surface area contributed by atoms with Crippen molar-refractivity contribution in [3.63, 3.8) is 0 Å². The number of aryl methyl sites for hydroxylation is 1. The topological polar surface area (TPSA) is 96.5 Å². The van der Waals surface area contributed by atoms with Crippen LogP contribution in [0.4, 0.5) is 4.39 Å². The van der Waals surface area contributed by atoms with Gasteiger partial charge in [0, 0.05) is 25.8 Å². The van der Waals surface area contributed by atoms with Gasteiger partial charge in [0.1, 0.15) is 5.69 Å². The van der Waals surface area contributed by atoms with Crippen LogP contribution in [0.25, 0.3) is 11.1 Å². The molecule has 3 aromatic rings. The lowest BCUT2D eigenvalue weighted by Gasteiger charge is -2.39. The molecule has 38 heavy (non-hydrogen) atoms. The largest absolute Gasteiger partial charge is 0.478 e. The molecule has 1 aliphatic heterocycles. The Bertz CT molecular complexity index is 1380. The summed E-state index contributed by atoms with van der Waals surface area (Å²) in [6, 6.07) is 17.6. The maximum absolute atomic E-state index is 12.4. The van der Waals surface area contributed by atoms with Gasteiger partial charge >= 0.3 is 5.97 Å². The number of aromatic carboxylic acids is 1. The molecule has 1 amide bonds. The van der Waals surface area contributed by atoms with Crippen LogP contribution >= 0.6 is 0 Å². The number of aromatic nitrogens is 1. The molecule has 5 rings (SSSR count). The second-order valence-electron chi connectivity index (χ2n) is 10.2. The molecule has 0 unspecified atom stereocenters. The van der Waals surface area contributed by atoms with E-state index in [1.54, 1.807) is 24.4 Å². The molecular weight excluding hydrogens is 481 g/mol. The Morgan fingerprint density at radius 2 is 1.82 bits per heavy atom. The van der Waals surface area contributed by atoms with Crippen molar-refractivity contribution in [3.8, 4) is 0 Å². The highest BCUT2D eigenvalue weighted by Gasteiger charge is 2.26. The van der Waals surface area contributed by atoms with Crippen molar-refractivity contribution >= 4 is 23.0 Å². The number of carbonyl (C=O) groups is 2. The molecule has 0 spiro atoms. The maximum Gasteiger partial charge on any atom is 0.335 e. The van der Waals surface area contributed by atoms with E-state index in [9.17, 15) is 19.1 Å². The van der Waals surface area contributed by atoms with Crippen molar-refractivity contribution in [2.45, 2.75) is 32.1 Å². The summed E-state index contributed by atoms with van der Waals surface area (Å²) in [5.41, 5.74) is 13.4. The summed E-state index contributed by atoms with van der Waals surface area (Å²) in [5, 5.41) is 9.56. The average molecular weight is 514 g/mol. The number of hydrogen-bond donors (Lipinski definition) is 2. The van der Waals surface area contributed by atoms with Gasteiger partial charge in [-0.05, 0) is 101 Å². The van der Waals surface area contributed by atoms with E-state index in [0.717, 1.165) is 78.7 Å². The first kappa shape index (κ1) is 25.8. The first-order valence-electron chi connectivity index (χ1n) is 13.2. The molecule has 3 N–H and O–H groups in total. The molecule has 6 nitrogen and oxygen atoms in total. The van der Waals surface area contributed by atoms with Gasteiger partial charge in [-0.2, -0.15) is 0 Å². The number of allylic oxidation sites excluding steroid dienone is 1. The van der Waals surface area contributed by atoms with Crippen molar-refractivity contribution < 1.29 is 19.1 Å². The predicted molar refractivity (Wildman–Crippen MR) is 146 cm³/mol. The maximum atomic E-state index is 12.4. The van der Waals surface area contributed by atoms with E-state index in [-0.39, 0.29) is 17.9 Å². The third-order valence-corrected chi connectivity index (χ3v) is 7.56. The van der Waals surface area contributed by atoms with Crippen LogP contribution in [0.15, 0.2) is 60.8 Å². The highest BCUT2D eigenvalue weighted by atomic mass is 19.1. The van der Waals surface area contributed by atoms with Crippen LogP contribution in [0.5, 0.6) is 0 Å². The van der Waals surface area contributed by atoms with Gasteiger partial charge in [0.15, 0.2) is 0 Å². The summed E-state index contributed by atoms with van der Waals surface area (Å²) >= 11 is 0. The number of amides is 1. The summed E-state index contributed by atoms with van der Waals surface area (Å²) < 4.78 is 12.4. The van der Waals surface area contributed by atoms with Gasteiger partial charge in [-0.25, -0.2) is 4.79 Å². The van der Waals surface area contributed by atoms with Crippen LogP contribution in [-0.4, -0.2) is 53.2 Å². The van der Waals surface area contributed by atoms with Crippen molar-refractivity contribution in [1.82, 2.24) is 9.88 Å². The Labute approximate surface area is 222 Å². The third-order valence-electron chi connectivity index (χ3n) is 7.56. The number of carboxylic acids is 1. The van der Waals surface area contributed by atoms with Gasteiger partial charge in [-0.15, -0.1) is 0 Å². The monoisotopic (exact) mass is 513 g/mol. The minimum atomic E-state index is -0.938. The van der Waals surface area contributed by atoms with Crippen LogP contribution in [0.3, 0.4) is 0 Å². The summed E-state index contributed by atoms with van der Waals surface area (Å²) in [5.74, 6) is -0.920. The molecule has 2 heterocycles. The molecule has 0 bridgehead atoms. The van der Waals surface area contributed by atoms with Crippen LogP contribution in [0.1, 0.15) is 67.9 Å². The summed E-state index contributed by atoms with van der Waals surface area (Å²) in [6.07, 6.45) is 5.58. The zero-order chi connectivity index (χ0) is 26.6. The number of carboxylic acid groups (broad SMARTS) is 1. The normalized spacial score (nSPS) is 16.0. The molecule has 1 fully saturated rings. The zero-order valence-corrected chi connectivity index (χ0v) is 21.3. The molecule has 1 aromatic heterocycles. The van der Waals surface area contributed by atoms with Crippen molar-refractivity contribution in [3.05, 3.63) is 99.9 Å². The molecule has 1 aliphatic carbocycles. The van der Waals surface area contributed by atoms with Gasteiger partial charge in [0.25, 0.3) is 5.91 Å². The SMILES string of the molecule is NC(=O)c1cc(C2=C(c3ccc(CC4CN(CCCF)C4)cc3)c3ccc(C(=O)O)cc3CCC2)ccn1. The van der Waals surface area contributed by atoms with E-state index >= 15 is 0 Å². The average Bonchev–Trinajstić information content (AvgIpc) is 3.09. The van der Waals surface area contributed by atoms with Crippen LogP contribution < -0.4 is 5.73 Å². The number of carbonyl (C=O) groups excluding carboxylic acids is 1. The number of halogens is 1. The van der Waals surface area contributed by atoms with Gasteiger partial charge < -0.3 is 15.7 Å². The number of rotatable bonds is 9. The quantitative estimate of drug-likeness (QED) is 0.419. The summed E-state index contributed by atoms with van der Waals surface area (Å²) in [7, 11) is 0. The smallest absolute Gasteiger partial charge is 0.335 e. The van der Waals surface area contributed by atoms with E-state index in [1.807, 2.05) is 12.1 Å². The fraction of sp³-hybridized carbons (Fsp3) is 0.323. The molecule has 1 saturated heterocycles. The molecular formula is C31H32FN3O3. The van der Waals surface area contributed by atoms with E-state index in [0.29, 0.717) is 12.3 Å². The number of alkyl halides is 1. The number of hydrogen-bond acceptors (Lipinski definition) is 4. The lowest BCUT2D eigenvalue weighted by molar-refractivity contribution is 0.0696. The lowest BCUT2D eigenvalue weighted by atomic mass is 9.86. The van der Waals surface area contributed by atoms with E-state index in [1.165, 1.54) is 5.56 Å². The molecule has 0 saturated carbocycles. The molecule has 2 aliphatic rings. The molecule has 196 valence electrons. The fourth-order valence-electron chi connectivity index (χ4n) is 5.70. The standard InChI is InChI=1S/C31H32FN3O3/c32-12-2-14-35-18-21(19-35)15-20-5-7-22(8-6-20)29-26(24-11-13-34-28(17-24)30(33)36)4-1-3-23-16-25(31(37)38)9-10-27(23)29/h5-11,13,16-17,21H,1-4,12,14-15,18-19H2,(H2,33,36)(H,37,38). The number of fused-ring (bicyclic) bond motifs is 1. The van der Waals surface area contributed by atoms with E-state index < -0.39 is 11.9 Å². The number of nitrogens with zero attached hydrogens (tertiary/aromatic N) is 2. The fourth-order valence-corrected chi connectivity index (χ4v) is 5.70. The van der Waals surface area contributed by atoms with Crippen molar-refractivity contribution in [2.24, 2.45) is 11.7 Å². The Morgan fingerprint density at radius 3 is 2.53 bits per heavy atom. The molecule has 0 atom stereocenters. The van der Waals surface area contributed by atoms with Crippen molar-refractivity contribution in [2.75, 3.05) is 26.3 Å². The molecule has 0 radical (unpaired) electrons.